The molecule has 0 atom stereocenters. The lowest BCUT2D eigenvalue weighted by Crippen LogP contribution is -2.37. The van der Waals surface area contributed by atoms with E-state index in [9.17, 15) is 22.8 Å². The van der Waals surface area contributed by atoms with Gasteiger partial charge in [0.05, 0.1) is 5.56 Å². The molecule has 19 heavy (non-hydrogen) atoms. The lowest BCUT2D eigenvalue weighted by molar-refractivity contribution is -0.135. The lowest BCUT2D eigenvalue weighted by Gasteiger charge is -2.09. The second-order valence-electron chi connectivity index (χ2n) is 4.11. The molecule has 0 saturated carbocycles. The van der Waals surface area contributed by atoms with Crippen molar-refractivity contribution in [2.75, 3.05) is 0 Å². The molecule has 0 amide bonds. The first-order chi connectivity index (χ1) is 8.76. The SMILES string of the molecule is CCc1c(Cl)[nH]c(=O)n(CCCCC(F)(F)F)c1=O. The Morgan fingerprint density at radius 2 is 1.89 bits per heavy atom. The van der Waals surface area contributed by atoms with Crippen LogP contribution in [0.25, 0.3) is 0 Å². The fourth-order valence-electron chi connectivity index (χ4n) is 1.69. The normalized spacial score (nSPS) is 11.8. The molecule has 108 valence electrons. The molecule has 0 unspecified atom stereocenters. The van der Waals surface area contributed by atoms with Gasteiger partial charge in [-0.05, 0) is 19.3 Å². The van der Waals surface area contributed by atoms with E-state index in [0.29, 0.717) is 6.42 Å². The molecule has 1 aromatic heterocycles. The molecule has 0 radical (unpaired) electrons. The van der Waals surface area contributed by atoms with Gasteiger partial charge in [-0.25, -0.2) is 4.79 Å². The van der Waals surface area contributed by atoms with Crippen LogP contribution in [0.4, 0.5) is 13.2 Å². The highest BCUT2D eigenvalue weighted by atomic mass is 35.5. The minimum Gasteiger partial charge on any atom is -0.297 e. The van der Waals surface area contributed by atoms with E-state index in [0.717, 1.165) is 4.57 Å². The van der Waals surface area contributed by atoms with Gasteiger partial charge in [-0.3, -0.25) is 14.3 Å². The number of halogens is 4. The van der Waals surface area contributed by atoms with Gasteiger partial charge >= 0.3 is 11.9 Å². The van der Waals surface area contributed by atoms with Gasteiger partial charge in [-0.1, -0.05) is 18.5 Å². The third-order valence-corrected chi connectivity index (χ3v) is 3.00. The average Bonchev–Trinajstić information content (AvgIpc) is 2.26. The molecule has 1 rings (SSSR count). The van der Waals surface area contributed by atoms with Crippen LogP contribution in [0.3, 0.4) is 0 Å². The van der Waals surface area contributed by atoms with Crippen LogP contribution in [0.5, 0.6) is 0 Å². The van der Waals surface area contributed by atoms with Crippen molar-refractivity contribution >= 4 is 11.6 Å². The van der Waals surface area contributed by atoms with E-state index in [1.165, 1.54) is 0 Å². The van der Waals surface area contributed by atoms with Gasteiger partial charge in [0.1, 0.15) is 5.15 Å². The highest BCUT2D eigenvalue weighted by Gasteiger charge is 2.25. The van der Waals surface area contributed by atoms with Crippen molar-refractivity contribution in [1.82, 2.24) is 9.55 Å². The molecule has 4 nitrogen and oxygen atoms in total. The monoisotopic (exact) mass is 298 g/mol. The molecule has 1 heterocycles. The van der Waals surface area contributed by atoms with E-state index in [4.69, 9.17) is 11.6 Å². The number of unbranched alkanes of at least 4 members (excludes halogenated alkanes) is 1. The Morgan fingerprint density at radius 1 is 1.26 bits per heavy atom. The van der Waals surface area contributed by atoms with Gasteiger partial charge in [-0.2, -0.15) is 13.2 Å². The fourth-order valence-corrected chi connectivity index (χ4v) is 1.99. The Morgan fingerprint density at radius 3 is 2.42 bits per heavy atom. The molecule has 0 fully saturated rings. The van der Waals surface area contributed by atoms with Crippen LogP contribution in [0.15, 0.2) is 9.59 Å². The van der Waals surface area contributed by atoms with Gasteiger partial charge in [0.15, 0.2) is 0 Å². The van der Waals surface area contributed by atoms with Crippen LogP contribution in [0, 0.1) is 0 Å². The molecule has 1 aromatic rings. The zero-order chi connectivity index (χ0) is 14.6. The Kier molecular flexibility index (Phi) is 5.22. The predicted octanol–water partition coefficient (Wildman–Crippen LogP) is 2.49. The summed E-state index contributed by atoms with van der Waals surface area (Å²) in [6, 6.07) is 0. The van der Waals surface area contributed by atoms with E-state index in [-0.39, 0.29) is 30.1 Å². The summed E-state index contributed by atoms with van der Waals surface area (Å²) in [7, 11) is 0. The quantitative estimate of drug-likeness (QED) is 0.671. The summed E-state index contributed by atoms with van der Waals surface area (Å²) in [5.74, 6) is 0. The minimum atomic E-state index is -4.22. The fraction of sp³-hybridized carbons (Fsp3) is 0.636. The summed E-state index contributed by atoms with van der Waals surface area (Å²) in [6.45, 7) is 1.66. The molecule has 0 spiro atoms. The van der Waals surface area contributed by atoms with Crippen LogP contribution in [0.2, 0.25) is 5.15 Å². The van der Waals surface area contributed by atoms with Crippen LogP contribution in [-0.2, 0) is 13.0 Å². The Hall–Kier alpha value is -1.24. The van der Waals surface area contributed by atoms with Crippen molar-refractivity contribution < 1.29 is 13.2 Å². The molecule has 0 saturated heterocycles. The molecule has 0 aromatic carbocycles. The van der Waals surface area contributed by atoms with Gasteiger partial charge in [0.25, 0.3) is 5.56 Å². The molecule has 0 bridgehead atoms. The Balaban J connectivity index is 2.80. The van der Waals surface area contributed by atoms with Gasteiger partial charge in [0, 0.05) is 13.0 Å². The second kappa shape index (κ2) is 6.27. The first-order valence-electron chi connectivity index (χ1n) is 5.84. The highest BCUT2D eigenvalue weighted by Crippen LogP contribution is 2.22. The Bertz CT molecular complexity index is 548. The number of H-pyrrole nitrogens is 1. The van der Waals surface area contributed by atoms with Crippen molar-refractivity contribution in [3.8, 4) is 0 Å². The summed E-state index contributed by atoms with van der Waals surface area (Å²) in [6.07, 6.45) is -4.82. The van der Waals surface area contributed by atoms with E-state index < -0.39 is 23.8 Å². The molecule has 0 aliphatic heterocycles. The summed E-state index contributed by atoms with van der Waals surface area (Å²) in [5, 5.41) is -0.0101. The maximum Gasteiger partial charge on any atom is 0.389 e. The number of aromatic nitrogens is 2. The van der Waals surface area contributed by atoms with Crippen LogP contribution in [0.1, 0.15) is 31.7 Å². The first-order valence-corrected chi connectivity index (χ1v) is 6.22. The summed E-state index contributed by atoms with van der Waals surface area (Å²) < 4.78 is 36.8. The van der Waals surface area contributed by atoms with Crippen molar-refractivity contribution in [2.24, 2.45) is 0 Å². The van der Waals surface area contributed by atoms with E-state index in [1.54, 1.807) is 6.92 Å². The zero-order valence-corrected chi connectivity index (χ0v) is 11.1. The second-order valence-corrected chi connectivity index (χ2v) is 4.48. The van der Waals surface area contributed by atoms with Crippen molar-refractivity contribution in [2.45, 2.75) is 45.3 Å². The van der Waals surface area contributed by atoms with Gasteiger partial charge < -0.3 is 0 Å². The smallest absolute Gasteiger partial charge is 0.297 e. The molecule has 0 aliphatic carbocycles. The molecule has 1 N–H and O–H groups in total. The number of alkyl halides is 3. The maximum atomic E-state index is 12.0. The number of aromatic amines is 1. The maximum absolute atomic E-state index is 12.0. The molecular formula is C11H14ClF3N2O2. The van der Waals surface area contributed by atoms with Crippen molar-refractivity contribution in [3.63, 3.8) is 0 Å². The zero-order valence-electron chi connectivity index (χ0n) is 10.3. The molecular weight excluding hydrogens is 285 g/mol. The van der Waals surface area contributed by atoms with Gasteiger partial charge in [-0.15, -0.1) is 0 Å². The lowest BCUT2D eigenvalue weighted by atomic mass is 10.2. The van der Waals surface area contributed by atoms with Crippen LogP contribution < -0.4 is 11.2 Å². The molecule has 8 heteroatoms. The van der Waals surface area contributed by atoms with Crippen LogP contribution >= 0.6 is 11.6 Å². The van der Waals surface area contributed by atoms with Crippen molar-refractivity contribution in [1.29, 1.82) is 0 Å². The topological polar surface area (TPSA) is 54.9 Å². The third kappa shape index (κ3) is 4.41. The Labute approximate surface area is 112 Å². The summed E-state index contributed by atoms with van der Waals surface area (Å²) in [4.78, 5) is 25.7. The number of hydrogen-bond donors (Lipinski definition) is 1. The van der Waals surface area contributed by atoms with E-state index in [1.807, 2.05) is 0 Å². The number of hydrogen-bond acceptors (Lipinski definition) is 2. The number of nitrogens with one attached hydrogen (secondary N) is 1. The van der Waals surface area contributed by atoms with Crippen molar-refractivity contribution in [3.05, 3.63) is 31.6 Å². The van der Waals surface area contributed by atoms with Crippen LogP contribution in [-0.4, -0.2) is 15.7 Å². The molecule has 0 aliphatic rings. The summed E-state index contributed by atoms with van der Waals surface area (Å²) in [5.41, 5.74) is -0.973. The van der Waals surface area contributed by atoms with E-state index in [2.05, 4.69) is 4.98 Å². The average molecular weight is 299 g/mol. The minimum absolute atomic E-state index is 0.0101. The largest absolute Gasteiger partial charge is 0.389 e. The van der Waals surface area contributed by atoms with E-state index >= 15 is 0 Å². The van der Waals surface area contributed by atoms with Gasteiger partial charge in [0.2, 0.25) is 0 Å². The highest BCUT2D eigenvalue weighted by molar-refractivity contribution is 6.30. The summed E-state index contributed by atoms with van der Waals surface area (Å²) >= 11 is 5.71. The third-order valence-electron chi connectivity index (χ3n) is 2.68. The number of nitrogens with zero attached hydrogens (tertiary/aromatic N) is 1. The standard InChI is InChI=1S/C11H14ClF3N2O2/c1-2-7-8(12)16-10(19)17(9(7)18)6-4-3-5-11(13,14)15/h2-6H2,1H3,(H,16,19). The first kappa shape index (κ1) is 15.8. The number of rotatable bonds is 5. The predicted molar refractivity (Wildman–Crippen MR) is 65.6 cm³/mol.